The highest BCUT2D eigenvalue weighted by Gasteiger charge is 2.29. The number of nitrogens with one attached hydrogen (secondary N) is 1. The Bertz CT molecular complexity index is 414. The predicted octanol–water partition coefficient (Wildman–Crippen LogP) is 1.16. The van der Waals surface area contributed by atoms with E-state index in [9.17, 15) is 4.79 Å². The van der Waals surface area contributed by atoms with Gasteiger partial charge in [-0.2, -0.15) is 0 Å². The van der Waals surface area contributed by atoms with Crippen molar-refractivity contribution in [3.05, 3.63) is 24.0 Å². The molecular weight excluding hydrogens is 218 g/mol. The summed E-state index contributed by atoms with van der Waals surface area (Å²) in [6, 6.07) is 3.46. The van der Waals surface area contributed by atoms with Gasteiger partial charge in [0.1, 0.15) is 5.69 Å². The maximum Gasteiger partial charge on any atom is 0.267 e. The molecule has 5 heteroatoms. The minimum absolute atomic E-state index is 0.115. The second-order valence-corrected chi connectivity index (χ2v) is 4.55. The van der Waals surface area contributed by atoms with Crippen LogP contribution in [0.15, 0.2) is 18.3 Å². The highest BCUT2D eigenvalue weighted by Crippen LogP contribution is 2.25. The minimum Gasteiger partial charge on any atom is -0.382 e. The van der Waals surface area contributed by atoms with Crippen LogP contribution in [0.25, 0.3) is 0 Å². The molecule has 1 atom stereocenters. The second-order valence-electron chi connectivity index (χ2n) is 4.55. The number of anilines is 1. The number of aromatic nitrogens is 1. The first-order chi connectivity index (χ1) is 8.09. The fourth-order valence-corrected chi connectivity index (χ4v) is 1.94. The number of nitrogens with zero attached hydrogens (tertiary/aromatic N) is 1. The molecule has 17 heavy (non-hydrogen) atoms. The van der Waals surface area contributed by atoms with Gasteiger partial charge in [0.25, 0.3) is 5.91 Å². The first-order valence-corrected chi connectivity index (χ1v) is 5.73. The standard InChI is InChI=1S/C12H17N3O2/c1-12(4-2-6-17-12)8-15-9-3-5-14-10(7-9)11(13)16/h3,5,7H,2,4,6,8H2,1H3,(H2,13,16)(H,14,15). The number of pyridine rings is 1. The van der Waals surface area contributed by atoms with Gasteiger partial charge in [0, 0.05) is 25.0 Å². The molecule has 0 spiro atoms. The van der Waals surface area contributed by atoms with Gasteiger partial charge in [-0.15, -0.1) is 0 Å². The predicted molar refractivity (Wildman–Crippen MR) is 64.8 cm³/mol. The summed E-state index contributed by atoms with van der Waals surface area (Å²) in [4.78, 5) is 14.9. The largest absolute Gasteiger partial charge is 0.382 e. The Morgan fingerprint density at radius 1 is 1.71 bits per heavy atom. The molecule has 1 aliphatic rings. The average molecular weight is 235 g/mol. The summed E-state index contributed by atoms with van der Waals surface area (Å²) in [7, 11) is 0. The lowest BCUT2D eigenvalue weighted by Gasteiger charge is -2.24. The Kier molecular flexibility index (Phi) is 3.28. The van der Waals surface area contributed by atoms with E-state index in [1.54, 1.807) is 12.3 Å². The third kappa shape index (κ3) is 2.94. The SMILES string of the molecule is CC1(CNc2ccnc(C(N)=O)c2)CCCO1. The molecule has 1 aliphatic heterocycles. The van der Waals surface area contributed by atoms with Crippen LogP contribution in [0.3, 0.4) is 0 Å². The van der Waals surface area contributed by atoms with E-state index in [0.717, 1.165) is 31.7 Å². The van der Waals surface area contributed by atoms with E-state index in [-0.39, 0.29) is 11.3 Å². The third-order valence-corrected chi connectivity index (χ3v) is 2.98. The van der Waals surface area contributed by atoms with Crippen molar-refractivity contribution in [1.82, 2.24) is 4.98 Å². The van der Waals surface area contributed by atoms with Crippen LogP contribution in [-0.2, 0) is 4.74 Å². The Balaban J connectivity index is 1.99. The molecule has 3 N–H and O–H groups in total. The lowest BCUT2D eigenvalue weighted by molar-refractivity contribution is 0.0315. The van der Waals surface area contributed by atoms with Crippen LogP contribution >= 0.6 is 0 Å². The van der Waals surface area contributed by atoms with E-state index in [1.807, 2.05) is 6.07 Å². The number of ether oxygens (including phenoxy) is 1. The van der Waals surface area contributed by atoms with Gasteiger partial charge in [0.2, 0.25) is 0 Å². The Morgan fingerprint density at radius 3 is 3.18 bits per heavy atom. The van der Waals surface area contributed by atoms with Gasteiger partial charge < -0.3 is 15.8 Å². The molecule has 0 aromatic carbocycles. The Labute approximate surface area is 100 Å². The number of carbonyl (C=O) groups is 1. The molecule has 0 bridgehead atoms. The number of nitrogens with two attached hydrogens (primary N) is 1. The number of rotatable bonds is 4. The van der Waals surface area contributed by atoms with Crippen LogP contribution in [-0.4, -0.2) is 29.6 Å². The number of hydrogen-bond acceptors (Lipinski definition) is 4. The fraction of sp³-hybridized carbons (Fsp3) is 0.500. The molecular formula is C12H17N3O2. The lowest BCUT2D eigenvalue weighted by Crippen LogP contribution is -2.32. The van der Waals surface area contributed by atoms with E-state index in [4.69, 9.17) is 10.5 Å². The van der Waals surface area contributed by atoms with Gasteiger partial charge in [-0.3, -0.25) is 9.78 Å². The van der Waals surface area contributed by atoms with Crippen LogP contribution in [0.5, 0.6) is 0 Å². The zero-order valence-corrected chi connectivity index (χ0v) is 9.90. The van der Waals surface area contributed by atoms with Gasteiger partial charge in [0.05, 0.1) is 5.60 Å². The Morgan fingerprint density at radius 2 is 2.53 bits per heavy atom. The van der Waals surface area contributed by atoms with Crippen LogP contribution < -0.4 is 11.1 Å². The number of carbonyl (C=O) groups excluding carboxylic acids is 1. The smallest absolute Gasteiger partial charge is 0.267 e. The summed E-state index contributed by atoms with van der Waals surface area (Å²) in [6.07, 6.45) is 3.72. The summed E-state index contributed by atoms with van der Waals surface area (Å²) < 4.78 is 5.67. The maximum atomic E-state index is 11.0. The molecule has 1 aromatic rings. The van der Waals surface area contributed by atoms with Crippen molar-refractivity contribution < 1.29 is 9.53 Å². The molecule has 5 nitrogen and oxygen atoms in total. The van der Waals surface area contributed by atoms with Crippen molar-refractivity contribution >= 4 is 11.6 Å². The van der Waals surface area contributed by atoms with E-state index >= 15 is 0 Å². The van der Waals surface area contributed by atoms with Crippen molar-refractivity contribution in [2.75, 3.05) is 18.5 Å². The fourth-order valence-electron chi connectivity index (χ4n) is 1.94. The van der Waals surface area contributed by atoms with E-state index in [2.05, 4.69) is 17.2 Å². The first kappa shape index (κ1) is 11.9. The van der Waals surface area contributed by atoms with Crippen molar-refractivity contribution in [3.63, 3.8) is 0 Å². The molecule has 0 aliphatic carbocycles. The number of hydrogen-bond donors (Lipinski definition) is 2. The van der Waals surface area contributed by atoms with Crippen LogP contribution in [0.2, 0.25) is 0 Å². The molecule has 1 aromatic heterocycles. The normalized spacial score (nSPS) is 23.6. The van der Waals surface area contributed by atoms with E-state index < -0.39 is 5.91 Å². The van der Waals surface area contributed by atoms with Gasteiger partial charge in [-0.05, 0) is 31.9 Å². The molecule has 0 saturated carbocycles. The molecule has 0 radical (unpaired) electrons. The summed E-state index contributed by atoms with van der Waals surface area (Å²) in [5, 5.41) is 3.25. The summed E-state index contributed by atoms with van der Waals surface area (Å²) in [5.74, 6) is -0.517. The van der Waals surface area contributed by atoms with Crippen LogP contribution in [0.4, 0.5) is 5.69 Å². The lowest BCUT2D eigenvalue weighted by atomic mass is 10.0. The van der Waals surface area contributed by atoms with Crippen molar-refractivity contribution in [2.45, 2.75) is 25.4 Å². The Hall–Kier alpha value is -1.62. The van der Waals surface area contributed by atoms with Crippen LogP contribution in [0.1, 0.15) is 30.3 Å². The molecule has 2 heterocycles. The zero-order valence-electron chi connectivity index (χ0n) is 9.90. The summed E-state index contributed by atoms with van der Waals surface area (Å²) in [5.41, 5.74) is 6.17. The van der Waals surface area contributed by atoms with Gasteiger partial charge in [0.15, 0.2) is 0 Å². The average Bonchev–Trinajstić information content (AvgIpc) is 2.75. The maximum absolute atomic E-state index is 11.0. The molecule has 1 saturated heterocycles. The quantitative estimate of drug-likeness (QED) is 0.821. The molecule has 1 unspecified atom stereocenters. The van der Waals surface area contributed by atoms with Crippen LogP contribution in [0, 0.1) is 0 Å². The number of primary amides is 1. The third-order valence-electron chi connectivity index (χ3n) is 2.98. The summed E-state index contributed by atoms with van der Waals surface area (Å²) in [6.45, 7) is 3.62. The molecule has 2 rings (SSSR count). The van der Waals surface area contributed by atoms with Crippen molar-refractivity contribution in [1.29, 1.82) is 0 Å². The van der Waals surface area contributed by atoms with Gasteiger partial charge >= 0.3 is 0 Å². The minimum atomic E-state index is -0.517. The second kappa shape index (κ2) is 4.71. The van der Waals surface area contributed by atoms with Crippen molar-refractivity contribution in [2.24, 2.45) is 5.73 Å². The molecule has 92 valence electrons. The monoisotopic (exact) mass is 235 g/mol. The van der Waals surface area contributed by atoms with Gasteiger partial charge in [-0.25, -0.2) is 0 Å². The molecule has 1 amide bonds. The first-order valence-electron chi connectivity index (χ1n) is 5.73. The highest BCUT2D eigenvalue weighted by atomic mass is 16.5. The zero-order chi connectivity index (χ0) is 12.3. The highest BCUT2D eigenvalue weighted by molar-refractivity contribution is 5.91. The number of amides is 1. The van der Waals surface area contributed by atoms with E-state index in [0.29, 0.717) is 0 Å². The summed E-state index contributed by atoms with van der Waals surface area (Å²) >= 11 is 0. The van der Waals surface area contributed by atoms with Gasteiger partial charge in [-0.1, -0.05) is 0 Å². The topological polar surface area (TPSA) is 77.2 Å². The van der Waals surface area contributed by atoms with E-state index in [1.165, 1.54) is 0 Å². The molecule has 1 fully saturated rings. The van der Waals surface area contributed by atoms with Crippen molar-refractivity contribution in [3.8, 4) is 0 Å².